The van der Waals surface area contributed by atoms with E-state index in [2.05, 4.69) is 5.32 Å². The summed E-state index contributed by atoms with van der Waals surface area (Å²) in [7, 11) is 1.42. The molecule has 1 aromatic rings. The van der Waals surface area contributed by atoms with Crippen LogP contribution in [0.3, 0.4) is 0 Å². The summed E-state index contributed by atoms with van der Waals surface area (Å²) in [6.07, 6.45) is -4.58. The number of aliphatic carboxylic acids is 1. The third kappa shape index (κ3) is 3.89. The van der Waals surface area contributed by atoms with E-state index in [-0.39, 0.29) is 17.0 Å². The van der Waals surface area contributed by atoms with Gasteiger partial charge in [-0.2, -0.15) is 13.2 Å². The maximum Gasteiger partial charge on any atom is 0.416 e. The summed E-state index contributed by atoms with van der Waals surface area (Å²) in [5, 5.41) is 11.2. The lowest BCUT2D eigenvalue weighted by atomic mass is 10.0. The number of rotatable bonds is 4. The molecule has 0 saturated carbocycles. The number of hydrogen-bond donors (Lipinski definition) is 2. The molecule has 0 heterocycles. The van der Waals surface area contributed by atoms with Crippen LogP contribution in [0.2, 0.25) is 5.02 Å². The van der Waals surface area contributed by atoms with Crippen LogP contribution in [-0.4, -0.2) is 24.2 Å². The minimum Gasteiger partial charge on any atom is -0.480 e. The Kier molecular flexibility index (Phi) is 4.59. The Morgan fingerprint density at radius 2 is 2.06 bits per heavy atom. The monoisotopic (exact) mass is 281 g/mol. The van der Waals surface area contributed by atoms with Gasteiger partial charge in [0.1, 0.15) is 6.04 Å². The average Bonchev–Trinajstić information content (AvgIpc) is 2.23. The van der Waals surface area contributed by atoms with E-state index in [0.717, 1.165) is 12.1 Å². The first-order chi connectivity index (χ1) is 8.24. The molecule has 1 aromatic carbocycles. The van der Waals surface area contributed by atoms with Gasteiger partial charge in [0, 0.05) is 5.02 Å². The molecule has 1 unspecified atom stereocenters. The highest BCUT2D eigenvalue weighted by Gasteiger charge is 2.31. The third-order valence-electron chi connectivity index (χ3n) is 2.37. The smallest absolute Gasteiger partial charge is 0.416 e. The lowest BCUT2D eigenvalue weighted by Gasteiger charge is -2.13. The van der Waals surface area contributed by atoms with Crippen LogP contribution in [0.1, 0.15) is 11.1 Å². The second-order valence-electron chi connectivity index (χ2n) is 3.73. The van der Waals surface area contributed by atoms with Crippen LogP contribution in [0.5, 0.6) is 0 Å². The van der Waals surface area contributed by atoms with Gasteiger partial charge in [-0.25, -0.2) is 0 Å². The average molecular weight is 282 g/mol. The molecule has 0 amide bonds. The molecule has 3 nitrogen and oxygen atoms in total. The minimum atomic E-state index is -4.50. The van der Waals surface area contributed by atoms with Crippen LogP contribution >= 0.6 is 11.6 Å². The zero-order valence-electron chi connectivity index (χ0n) is 9.38. The van der Waals surface area contributed by atoms with Crippen molar-refractivity contribution in [3.8, 4) is 0 Å². The second-order valence-corrected chi connectivity index (χ2v) is 4.17. The Morgan fingerprint density at radius 3 is 2.50 bits per heavy atom. The second kappa shape index (κ2) is 5.58. The summed E-state index contributed by atoms with van der Waals surface area (Å²) in [4.78, 5) is 10.8. The molecule has 0 spiro atoms. The summed E-state index contributed by atoms with van der Waals surface area (Å²) in [5.41, 5.74) is -0.665. The number of hydrogen-bond acceptors (Lipinski definition) is 2. The fourth-order valence-electron chi connectivity index (χ4n) is 1.48. The Bertz CT molecular complexity index is 448. The number of halogens is 4. The van der Waals surface area contributed by atoms with E-state index in [9.17, 15) is 18.0 Å². The number of likely N-dealkylation sites (N-methyl/N-ethyl adjacent to an activating group) is 1. The van der Waals surface area contributed by atoms with Gasteiger partial charge in [0.25, 0.3) is 0 Å². The van der Waals surface area contributed by atoms with Crippen molar-refractivity contribution in [3.63, 3.8) is 0 Å². The highest BCUT2D eigenvalue weighted by Crippen LogP contribution is 2.32. The van der Waals surface area contributed by atoms with E-state index in [0.29, 0.717) is 0 Å². The molecule has 1 atom stereocenters. The molecule has 18 heavy (non-hydrogen) atoms. The first-order valence-corrected chi connectivity index (χ1v) is 5.38. The maximum atomic E-state index is 12.5. The molecule has 2 N–H and O–H groups in total. The number of benzene rings is 1. The molecule has 7 heteroatoms. The third-order valence-corrected chi connectivity index (χ3v) is 2.59. The highest BCUT2D eigenvalue weighted by atomic mass is 35.5. The molecular formula is C11H11ClF3NO2. The molecule has 0 saturated heterocycles. The highest BCUT2D eigenvalue weighted by molar-refractivity contribution is 6.30. The maximum absolute atomic E-state index is 12.5. The van der Waals surface area contributed by atoms with E-state index in [1.807, 2.05) is 0 Å². The number of alkyl halides is 3. The summed E-state index contributed by atoms with van der Waals surface area (Å²) >= 11 is 5.59. The van der Waals surface area contributed by atoms with Gasteiger partial charge < -0.3 is 10.4 Å². The van der Waals surface area contributed by atoms with Gasteiger partial charge in [0.2, 0.25) is 0 Å². The standard InChI is InChI=1S/C11H11ClF3NO2/c1-16-9(10(17)18)4-6-2-7(11(13,14)15)5-8(12)3-6/h2-3,5,9,16H,4H2,1H3,(H,17,18). The summed E-state index contributed by atoms with van der Waals surface area (Å²) in [6, 6.07) is 2.08. The molecule has 0 radical (unpaired) electrons. The number of carbonyl (C=O) groups is 1. The molecular weight excluding hydrogens is 271 g/mol. The van der Waals surface area contributed by atoms with Gasteiger partial charge >= 0.3 is 12.1 Å². The summed E-state index contributed by atoms with van der Waals surface area (Å²) in [5.74, 6) is -1.13. The van der Waals surface area contributed by atoms with Crippen molar-refractivity contribution in [2.45, 2.75) is 18.6 Å². The lowest BCUT2D eigenvalue weighted by molar-refractivity contribution is -0.139. The molecule has 0 aliphatic heterocycles. The molecule has 0 bridgehead atoms. The molecule has 100 valence electrons. The van der Waals surface area contributed by atoms with Crippen LogP contribution in [0.25, 0.3) is 0 Å². The van der Waals surface area contributed by atoms with Crippen molar-refractivity contribution in [1.82, 2.24) is 5.32 Å². The van der Waals surface area contributed by atoms with Gasteiger partial charge in [-0.15, -0.1) is 0 Å². The fourth-order valence-corrected chi connectivity index (χ4v) is 1.74. The van der Waals surface area contributed by atoms with Gasteiger partial charge in [0.15, 0.2) is 0 Å². The normalized spacial score (nSPS) is 13.4. The van der Waals surface area contributed by atoms with Crippen molar-refractivity contribution in [2.75, 3.05) is 7.05 Å². The first kappa shape index (κ1) is 14.8. The van der Waals surface area contributed by atoms with E-state index in [1.165, 1.54) is 13.1 Å². The van der Waals surface area contributed by atoms with Crippen molar-refractivity contribution >= 4 is 17.6 Å². The summed E-state index contributed by atoms with van der Waals surface area (Å²) in [6.45, 7) is 0. The predicted octanol–water partition coefficient (Wildman–Crippen LogP) is 2.57. The molecule has 0 aliphatic rings. The Labute approximate surface area is 107 Å². The van der Waals surface area contributed by atoms with Crippen molar-refractivity contribution in [2.24, 2.45) is 0 Å². The molecule has 1 rings (SSSR count). The topological polar surface area (TPSA) is 49.3 Å². The molecule has 0 aliphatic carbocycles. The minimum absolute atomic E-state index is 0.0694. The quantitative estimate of drug-likeness (QED) is 0.892. The number of carboxylic acids is 1. The lowest BCUT2D eigenvalue weighted by Crippen LogP contribution is -2.35. The Balaban J connectivity index is 3.03. The number of nitrogens with one attached hydrogen (secondary N) is 1. The first-order valence-electron chi connectivity index (χ1n) is 5.00. The predicted molar refractivity (Wildman–Crippen MR) is 60.6 cm³/mol. The Morgan fingerprint density at radius 1 is 1.44 bits per heavy atom. The van der Waals surface area contributed by atoms with Crippen molar-refractivity contribution < 1.29 is 23.1 Å². The van der Waals surface area contributed by atoms with Crippen LogP contribution in [0.15, 0.2) is 18.2 Å². The Hall–Kier alpha value is -1.27. The fraction of sp³-hybridized carbons (Fsp3) is 0.364. The SMILES string of the molecule is CNC(Cc1cc(Cl)cc(C(F)(F)F)c1)C(=O)O. The van der Waals surface area contributed by atoms with Crippen LogP contribution < -0.4 is 5.32 Å². The van der Waals surface area contributed by atoms with Crippen LogP contribution in [0, 0.1) is 0 Å². The zero-order chi connectivity index (χ0) is 13.9. The van der Waals surface area contributed by atoms with E-state index in [1.54, 1.807) is 0 Å². The van der Waals surface area contributed by atoms with Gasteiger partial charge in [0.05, 0.1) is 5.56 Å². The van der Waals surface area contributed by atoms with Crippen LogP contribution in [0.4, 0.5) is 13.2 Å². The van der Waals surface area contributed by atoms with Gasteiger partial charge in [-0.05, 0) is 37.2 Å². The van der Waals surface area contributed by atoms with Crippen molar-refractivity contribution in [3.05, 3.63) is 34.3 Å². The zero-order valence-corrected chi connectivity index (χ0v) is 10.1. The van der Waals surface area contributed by atoms with E-state index in [4.69, 9.17) is 16.7 Å². The van der Waals surface area contributed by atoms with Gasteiger partial charge in [-0.3, -0.25) is 4.79 Å². The summed E-state index contributed by atoms with van der Waals surface area (Å²) < 4.78 is 37.6. The largest absolute Gasteiger partial charge is 0.480 e. The molecule has 0 fully saturated rings. The van der Waals surface area contributed by atoms with E-state index < -0.39 is 23.8 Å². The van der Waals surface area contributed by atoms with Gasteiger partial charge in [-0.1, -0.05) is 11.6 Å². The number of carboxylic acid groups (broad SMARTS) is 1. The molecule has 0 aromatic heterocycles. The van der Waals surface area contributed by atoms with Crippen LogP contribution in [-0.2, 0) is 17.4 Å². The van der Waals surface area contributed by atoms with Crippen molar-refractivity contribution in [1.29, 1.82) is 0 Å². The van der Waals surface area contributed by atoms with E-state index >= 15 is 0 Å².